The van der Waals surface area contributed by atoms with Gasteiger partial charge in [0.2, 0.25) is 0 Å². The highest BCUT2D eigenvalue weighted by Crippen LogP contribution is 2.26. The molecule has 0 spiro atoms. The number of nitrogens with zero attached hydrogens (tertiary/aromatic N) is 1. The summed E-state index contributed by atoms with van der Waals surface area (Å²) in [6.07, 6.45) is 2.66. The maximum Gasteiger partial charge on any atom is 0.0716 e. The van der Waals surface area contributed by atoms with Crippen LogP contribution in [0.3, 0.4) is 0 Å². The third-order valence-corrected chi connectivity index (χ3v) is 3.50. The topological polar surface area (TPSA) is 43.0 Å². The summed E-state index contributed by atoms with van der Waals surface area (Å²) >= 11 is 0. The van der Waals surface area contributed by atoms with Crippen LogP contribution in [0.15, 0.2) is 24.3 Å². The number of para-hydroxylation sites is 1. The van der Waals surface area contributed by atoms with Crippen molar-refractivity contribution in [3.05, 3.63) is 30.0 Å². The summed E-state index contributed by atoms with van der Waals surface area (Å²) in [6.45, 7) is 4.10. The second-order valence-electron chi connectivity index (χ2n) is 4.82. The molecule has 1 saturated carbocycles. The first-order valence-corrected chi connectivity index (χ1v) is 6.39. The number of anilines is 1. The molecule has 0 radical (unpaired) electrons. The van der Waals surface area contributed by atoms with Gasteiger partial charge in [0.1, 0.15) is 0 Å². The van der Waals surface area contributed by atoms with E-state index in [9.17, 15) is 0 Å². The first-order valence-electron chi connectivity index (χ1n) is 6.39. The number of benzene rings is 1. The third kappa shape index (κ3) is 1.91. The molecule has 90 valence electrons. The maximum atomic E-state index is 6.07. The Morgan fingerprint density at radius 2 is 2.24 bits per heavy atom. The van der Waals surface area contributed by atoms with E-state index in [1.165, 1.54) is 29.4 Å². The average molecular weight is 229 g/mol. The molecule has 3 heteroatoms. The second-order valence-corrected chi connectivity index (χ2v) is 4.82. The van der Waals surface area contributed by atoms with E-state index in [4.69, 9.17) is 5.73 Å². The van der Waals surface area contributed by atoms with Crippen molar-refractivity contribution in [2.75, 3.05) is 5.73 Å². The van der Waals surface area contributed by atoms with Crippen LogP contribution in [0.4, 0.5) is 5.69 Å². The summed E-state index contributed by atoms with van der Waals surface area (Å²) < 4.78 is 2.32. The molecule has 1 heterocycles. The van der Waals surface area contributed by atoms with E-state index in [2.05, 4.69) is 28.9 Å². The number of fused-ring (bicyclic) bond motifs is 1. The zero-order chi connectivity index (χ0) is 11.8. The van der Waals surface area contributed by atoms with Gasteiger partial charge in [-0.15, -0.1) is 0 Å². The average Bonchev–Trinajstić information content (AvgIpc) is 3.07. The maximum absolute atomic E-state index is 6.07. The Labute approximate surface area is 102 Å². The standard InChI is InChI=1S/C14H19N3/c1-2-17-12(9-16-11-6-7-11)8-10-4-3-5-13(15)14(10)17/h3-5,8,11,16H,2,6-7,9,15H2,1H3. The molecule has 1 aliphatic rings. The highest BCUT2D eigenvalue weighted by molar-refractivity contribution is 5.91. The lowest BCUT2D eigenvalue weighted by atomic mass is 10.2. The van der Waals surface area contributed by atoms with E-state index < -0.39 is 0 Å². The molecule has 0 bridgehead atoms. The SMILES string of the molecule is CCn1c(CNC2CC2)cc2cccc(N)c21. The molecule has 0 aliphatic heterocycles. The van der Waals surface area contributed by atoms with E-state index in [0.717, 1.165) is 24.8 Å². The number of rotatable bonds is 4. The van der Waals surface area contributed by atoms with Crippen LogP contribution in [0.2, 0.25) is 0 Å². The Kier molecular flexibility index (Phi) is 2.56. The van der Waals surface area contributed by atoms with Crippen molar-refractivity contribution in [1.29, 1.82) is 0 Å². The normalized spacial score (nSPS) is 15.6. The molecule has 0 unspecified atom stereocenters. The van der Waals surface area contributed by atoms with Gasteiger partial charge in [-0.05, 0) is 31.9 Å². The number of hydrogen-bond acceptors (Lipinski definition) is 2. The second kappa shape index (κ2) is 4.08. The zero-order valence-corrected chi connectivity index (χ0v) is 10.2. The first-order chi connectivity index (χ1) is 8.29. The van der Waals surface area contributed by atoms with Crippen molar-refractivity contribution in [2.45, 2.75) is 38.9 Å². The van der Waals surface area contributed by atoms with Crippen LogP contribution in [0, 0.1) is 0 Å². The van der Waals surface area contributed by atoms with Gasteiger partial charge in [0.05, 0.1) is 11.2 Å². The number of nitrogen functional groups attached to an aromatic ring is 1. The van der Waals surface area contributed by atoms with Crippen LogP contribution < -0.4 is 11.1 Å². The van der Waals surface area contributed by atoms with Gasteiger partial charge in [-0.2, -0.15) is 0 Å². The minimum Gasteiger partial charge on any atom is -0.397 e. The van der Waals surface area contributed by atoms with E-state index in [1.807, 2.05) is 12.1 Å². The molecule has 1 aromatic carbocycles. The summed E-state index contributed by atoms with van der Waals surface area (Å²) in [5.41, 5.74) is 9.47. The number of nitrogens with two attached hydrogens (primary N) is 1. The molecule has 0 atom stereocenters. The molecular formula is C14H19N3. The summed E-state index contributed by atoms with van der Waals surface area (Å²) in [5.74, 6) is 0. The van der Waals surface area contributed by atoms with Crippen molar-refractivity contribution in [1.82, 2.24) is 9.88 Å². The van der Waals surface area contributed by atoms with Gasteiger partial charge < -0.3 is 15.6 Å². The lowest BCUT2D eigenvalue weighted by Gasteiger charge is -2.09. The molecule has 17 heavy (non-hydrogen) atoms. The van der Waals surface area contributed by atoms with E-state index >= 15 is 0 Å². The van der Waals surface area contributed by atoms with Gasteiger partial charge in [-0.25, -0.2) is 0 Å². The van der Waals surface area contributed by atoms with Crippen LogP contribution >= 0.6 is 0 Å². The predicted molar refractivity (Wildman–Crippen MR) is 71.9 cm³/mol. The smallest absolute Gasteiger partial charge is 0.0716 e. The summed E-state index contributed by atoms with van der Waals surface area (Å²) in [5, 5.41) is 4.82. The molecule has 1 aliphatic carbocycles. The molecule has 3 nitrogen and oxygen atoms in total. The Hall–Kier alpha value is -1.48. The Morgan fingerprint density at radius 1 is 1.41 bits per heavy atom. The van der Waals surface area contributed by atoms with Gasteiger partial charge in [0, 0.05) is 30.2 Å². The summed E-state index contributed by atoms with van der Waals surface area (Å²) in [7, 11) is 0. The molecule has 3 rings (SSSR count). The summed E-state index contributed by atoms with van der Waals surface area (Å²) in [4.78, 5) is 0. The minimum absolute atomic E-state index is 0.746. The van der Waals surface area contributed by atoms with Crippen molar-refractivity contribution in [3.63, 3.8) is 0 Å². The molecule has 1 fully saturated rings. The van der Waals surface area contributed by atoms with Crippen LogP contribution in [-0.4, -0.2) is 10.6 Å². The van der Waals surface area contributed by atoms with Crippen molar-refractivity contribution in [2.24, 2.45) is 0 Å². The molecule has 0 amide bonds. The Balaban J connectivity index is 2.01. The largest absolute Gasteiger partial charge is 0.397 e. The lowest BCUT2D eigenvalue weighted by molar-refractivity contribution is 0.634. The fourth-order valence-electron chi connectivity index (χ4n) is 2.45. The highest BCUT2D eigenvalue weighted by atomic mass is 15.0. The molecule has 1 aromatic heterocycles. The molecule has 2 aromatic rings. The number of hydrogen-bond donors (Lipinski definition) is 2. The predicted octanol–water partition coefficient (Wildman–Crippen LogP) is 2.50. The quantitative estimate of drug-likeness (QED) is 0.791. The van der Waals surface area contributed by atoms with Gasteiger partial charge in [-0.1, -0.05) is 12.1 Å². The Bertz CT molecular complexity index is 538. The minimum atomic E-state index is 0.746. The van der Waals surface area contributed by atoms with Crippen molar-refractivity contribution >= 4 is 16.6 Å². The van der Waals surface area contributed by atoms with Gasteiger partial charge in [-0.3, -0.25) is 0 Å². The Morgan fingerprint density at radius 3 is 2.94 bits per heavy atom. The zero-order valence-electron chi connectivity index (χ0n) is 10.2. The fourth-order valence-corrected chi connectivity index (χ4v) is 2.45. The molecule has 0 saturated heterocycles. The van der Waals surface area contributed by atoms with Crippen molar-refractivity contribution in [3.8, 4) is 0 Å². The van der Waals surface area contributed by atoms with Gasteiger partial charge in [0.25, 0.3) is 0 Å². The van der Waals surface area contributed by atoms with Gasteiger partial charge in [0.15, 0.2) is 0 Å². The molecule has 3 N–H and O–H groups in total. The van der Waals surface area contributed by atoms with Crippen LogP contribution in [0.1, 0.15) is 25.5 Å². The highest BCUT2D eigenvalue weighted by Gasteiger charge is 2.21. The monoisotopic (exact) mass is 229 g/mol. The van der Waals surface area contributed by atoms with Crippen LogP contribution in [-0.2, 0) is 13.1 Å². The lowest BCUT2D eigenvalue weighted by Crippen LogP contribution is -2.17. The van der Waals surface area contributed by atoms with Crippen molar-refractivity contribution < 1.29 is 0 Å². The van der Waals surface area contributed by atoms with Crippen LogP contribution in [0.5, 0.6) is 0 Å². The number of aryl methyl sites for hydroxylation is 1. The summed E-state index contributed by atoms with van der Waals surface area (Å²) in [6, 6.07) is 9.14. The number of aromatic nitrogens is 1. The van der Waals surface area contributed by atoms with Crippen LogP contribution in [0.25, 0.3) is 10.9 Å². The molecular weight excluding hydrogens is 210 g/mol. The van der Waals surface area contributed by atoms with Gasteiger partial charge >= 0.3 is 0 Å². The third-order valence-electron chi connectivity index (χ3n) is 3.50. The van der Waals surface area contributed by atoms with E-state index in [-0.39, 0.29) is 0 Å². The van der Waals surface area contributed by atoms with E-state index in [1.54, 1.807) is 0 Å². The fraction of sp³-hybridized carbons (Fsp3) is 0.429. The number of nitrogens with one attached hydrogen (secondary N) is 1. The first kappa shape index (κ1) is 10.7. The van der Waals surface area contributed by atoms with E-state index in [0.29, 0.717) is 0 Å².